The average molecular weight is 311 g/mol. The van der Waals surface area contributed by atoms with Crippen molar-refractivity contribution in [1.82, 2.24) is 9.97 Å². The zero-order valence-electron chi connectivity index (χ0n) is 11.2. The fourth-order valence-corrected chi connectivity index (χ4v) is 3.08. The smallest absolute Gasteiger partial charge is 0.358 e. The van der Waals surface area contributed by atoms with Gasteiger partial charge < -0.3 is 10.1 Å². The zero-order chi connectivity index (χ0) is 14.7. The molecule has 0 fully saturated rings. The first kappa shape index (κ1) is 14.6. The molecular formula is C12H13N3O3S2. The van der Waals surface area contributed by atoms with Crippen molar-refractivity contribution in [2.75, 3.05) is 12.4 Å². The SMILES string of the molecule is COC(=O)c1nc(NCc2scnc2C)sc1C(C)=O. The summed E-state index contributed by atoms with van der Waals surface area (Å²) in [6.45, 7) is 3.88. The van der Waals surface area contributed by atoms with E-state index in [9.17, 15) is 9.59 Å². The molecule has 0 aliphatic heterocycles. The maximum Gasteiger partial charge on any atom is 0.358 e. The summed E-state index contributed by atoms with van der Waals surface area (Å²) in [4.78, 5) is 32.8. The fraction of sp³-hybridized carbons (Fsp3) is 0.333. The number of thiazole rings is 2. The van der Waals surface area contributed by atoms with Gasteiger partial charge in [-0.05, 0) is 6.92 Å². The Morgan fingerprint density at radius 3 is 2.75 bits per heavy atom. The van der Waals surface area contributed by atoms with Crippen molar-refractivity contribution in [3.05, 3.63) is 26.7 Å². The summed E-state index contributed by atoms with van der Waals surface area (Å²) in [6.07, 6.45) is 0. The Morgan fingerprint density at radius 1 is 1.45 bits per heavy atom. The second kappa shape index (κ2) is 6.10. The van der Waals surface area contributed by atoms with Gasteiger partial charge in [-0.2, -0.15) is 0 Å². The van der Waals surface area contributed by atoms with Gasteiger partial charge in [-0.1, -0.05) is 11.3 Å². The van der Waals surface area contributed by atoms with Crippen LogP contribution in [0, 0.1) is 6.92 Å². The minimum Gasteiger partial charge on any atom is -0.464 e. The van der Waals surface area contributed by atoms with E-state index in [0.717, 1.165) is 21.9 Å². The number of rotatable bonds is 5. The summed E-state index contributed by atoms with van der Waals surface area (Å²) in [5.74, 6) is -0.807. The van der Waals surface area contributed by atoms with Gasteiger partial charge in [-0.25, -0.2) is 14.8 Å². The van der Waals surface area contributed by atoms with E-state index in [0.29, 0.717) is 16.6 Å². The topological polar surface area (TPSA) is 81.2 Å². The summed E-state index contributed by atoms with van der Waals surface area (Å²) in [5.41, 5.74) is 2.79. The number of ketones is 1. The number of Topliss-reactive ketones (excluding diaryl/α,β-unsaturated/α-hetero) is 1. The highest BCUT2D eigenvalue weighted by Gasteiger charge is 2.21. The molecule has 1 N–H and O–H groups in total. The van der Waals surface area contributed by atoms with Crippen molar-refractivity contribution in [1.29, 1.82) is 0 Å². The molecule has 6 nitrogen and oxygen atoms in total. The largest absolute Gasteiger partial charge is 0.464 e. The molecule has 0 unspecified atom stereocenters. The Morgan fingerprint density at radius 2 is 2.20 bits per heavy atom. The van der Waals surface area contributed by atoms with Crippen molar-refractivity contribution >= 4 is 39.6 Å². The molecule has 2 aromatic heterocycles. The first-order valence-electron chi connectivity index (χ1n) is 5.75. The summed E-state index contributed by atoms with van der Waals surface area (Å²) in [6, 6.07) is 0. The molecule has 0 amide bonds. The number of nitrogens with zero attached hydrogens (tertiary/aromatic N) is 2. The number of aryl methyl sites for hydroxylation is 1. The zero-order valence-corrected chi connectivity index (χ0v) is 12.9. The second-order valence-corrected chi connectivity index (χ2v) is 5.90. The molecule has 0 aromatic carbocycles. The third kappa shape index (κ3) is 3.02. The van der Waals surface area contributed by atoms with E-state index in [1.807, 2.05) is 6.92 Å². The van der Waals surface area contributed by atoms with E-state index in [4.69, 9.17) is 0 Å². The molecular weight excluding hydrogens is 298 g/mol. The molecule has 2 heterocycles. The number of ether oxygens (including phenoxy) is 1. The van der Waals surface area contributed by atoms with Crippen LogP contribution >= 0.6 is 22.7 Å². The number of methoxy groups -OCH3 is 1. The molecule has 2 aromatic rings. The summed E-state index contributed by atoms with van der Waals surface area (Å²) < 4.78 is 4.63. The normalized spacial score (nSPS) is 10.3. The van der Waals surface area contributed by atoms with Crippen LogP contribution in [-0.2, 0) is 11.3 Å². The highest BCUT2D eigenvalue weighted by Crippen LogP contribution is 2.25. The lowest BCUT2D eigenvalue weighted by atomic mass is 10.3. The minimum atomic E-state index is -0.603. The molecule has 0 bridgehead atoms. The van der Waals surface area contributed by atoms with E-state index in [1.165, 1.54) is 14.0 Å². The number of anilines is 1. The quantitative estimate of drug-likeness (QED) is 0.675. The molecule has 106 valence electrons. The first-order valence-corrected chi connectivity index (χ1v) is 7.45. The Labute approximate surface area is 123 Å². The molecule has 0 spiro atoms. The van der Waals surface area contributed by atoms with E-state index < -0.39 is 5.97 Å². The fourth-order valence-electron chi connectivity index (χ4n) is 1.52. The second-order valence-electron chi connectivity index (χ2n) is 3.96. The number of hydrogen-bond acceptors (Lipinski definition) is 8. The van der Waals surface area contributed by atoms with Crippen LogP contribution in [0.5, 0.6) is 0 Å². The van der Waals surface area contributed by atoms with Gasteiger partial charge in [0.2, 0.25) is 0 Å². The summed E-state index contributed by atoms with van der Waals surface area (Å²) in [5, 5.41) is 3.62. The number of carbonyl (C=O) groups is 2. The van der Waals surface area contributed by atoms with Crippen molar-refractivity contribution in [2.24, 2.45) is 0 Å². The number of carbonyl (C=O) groups excluding carboxylic acids is 2. The number of hydrogen-bond donors (Lipinski definition) is 1. The van der Waals surface area contributed by atoms with Gasteiger partial charge >= 0.3 is 5.97 Å². The average Bonchev–Trinajstić information content (AvgIpc) is 3.01. The van der Waals surface area contributed by atoms with Crippen molar-refractivity contribution in [3.8, 4) is 0 Å². The minimum absolute atomic E-state index is 0.0635. The van der Waals surface area contributed by atoms with Crippen LogP contribution in [0.25, 0.3) is 0 Å². The lowest BCUT2D eigenvalue weighted by molar-refractivity contribution is 0.0591. The highest BCUT2D eigenvalue weighted by molar-refractivity contribution is 7.17. The van der Waals surface area contributed by atoms with Crippen LogP contribution in [0.1, 0.15) is 37.7 Å². The monoisotopic (exact) mass is 311 g/mol. The van der Waals surface area contributed by atoms with Crippen LogP contribution < -0.4 is 5.32 Å². The predicted molar refractivity (Wildman–Crippen MR) is 77.6 cm³/mol. The van der Waals surface area contributed by atoms with Gasteiger partial charge in [-0.15, -0.1) is 11.3 Å². The Bertz CT molecular complexity index is 648. The lowest BCUT2D eigenvalue weighted by Gasteiger charge is -2.00. The van der Waals surface area contributed by atoms with Crippen LogP contribution in [0.4, 0.5) is 5.13 Å². The number of esters is 1. The Kier molecular flexibility index (Phi) is 4.46. The molecule has 2 rings (SSSR count). The molecule has 0 atom stereocenters. The van der Waals surface area contributed by atoms with Crippen molar-refractivity contribution in [3.63, 3.8) is 0 Å². The van der Waals surface area contributed by atoms with Crippen LogP contribution in [0.3, 0.4) is 0 Å². The third-order valence-corrected chi connectivity index (χ3v) is 4.62. The van der Waals surface area contributed by atoms with Crippen molar-refractivity contribution < 1.29 is 14.3 Å². The van der Waals surface area contributed by atoms with Crippen LogP contribution in [0.15, 0.2) is 5.51 Å². The predicted octanol–water partition coefficient (Wildman–Crippen LogP) is 2.51. The van der Waals surface area contributed by atoms with Gasteiger partial charge in [0.15, 0.2) is 16.6 Å². The van der Waals surface area contributed by atoms with E-state index in [-0.39, 0.29) is 11.5 Å². The summed E-state index contributed by atoms with van der Waals surface area (Å²) in [7, 11) is 1.26. The van der Waals surface area contributed by atoms with E-state index in [1.54, 1.807) is 16.8 Å². The molecule has 0 saturated carbocycles. The van der Waals surface area contributed by atoms with Gasteiger partial charge in [0.05, 0.1) is 24.9 Å². The number of aromatic nitrogens is 2. The molecule has 0 aliphatic rings. The highest BCUT2D eigenvalue weighted by atomic mass is 32.1. The van der Waals surface area contributed by atoms with E-state index in [2.05, 4.69) is 20.0 Å². The Balaban J connectivity index is 2.19. The van der Waals surface area contributed by atoms with Crippen LogP contribution in [0.2, 0.25) is 0 Å². The Hall–Kier alpha value is -1.80. The van der Waals surface area contributed by atoms with Gasteiger partial charge in [0, 0.05) is 11.8 Å². The maximum absolute atomic E-state index is 11.6. The molecule has 20 heavy (non-hydrogen) atoms. The molecule has 0 aliphatic carbocycles. The van der Waals surface area contributed by atoms with Crippen LogP contribution in [-0.4, -0.2) is 28.8 Å². The van der Waals surface area contributed by atoms with E-state index >= 15 is 0 Å². The molecule has 0 saturated heterocycles. The van der Waals surface area contributed by atoms with Crippen molar-refractivity contribution in [2.45, 2.75) is 20.4 Å². The summed E-state index contributed by atoms with van der Waals surface area (Å²) >= 11 is 2.69. The maximum atomic E-state index is 11.6. The van der Waals surface area contributed by atoms with Gasteiger partial charge in [-0.3, -0.25) is 4.79 Å². The molecule has 0 radical (unpaired) electrons. The van der Waals surface area contributed by atoms with Gasteiger partial charge in [0.1, 0.15) is 4.88 Å². The van der Waals surface area contributed by atoms with Gasteiger partial charge in [0.25, 0.3) is 0 Å². The third-order valence-electron chi connectivity index (χ3n) is 2.57. The standard InChI is InChI=1S/C12H13N3O3S2/c1-6-8(19-5-14-6)4-13-12-15-9(11(17)18-3)10(20-12)7(2)16/h5H,4H2,1-3H3,(H,13,15). The molecule has 8 heteroatoms. The number of nitrogens with one attached hydrogen (secondary N) is 1. The first-order chi connectivity index (χ1) is 9.52. The lowest BCUT2D eigenvalue weighted by Crippen LogP contribution is -2.07.